The molecule has 38 heavy (non-hydrogen) atoms. The van der Waals surface area contributed by atoms with Gasteiger partial charge in [-0.15, -0.1) is 0 Å². The van der Waals surface area contributed by atoms with E-state index < -0.39 is 27.5 Å². The lowest BCUT2D eigenvalue weighted by Crippen LogP contribution is -2.34. The van der Waals surface area contributed by atoms with Crippen LogP contribution in [0.3, 0.4) is 0 Å². The van der Waals surface area contributed by atoms with Gasteiger partial charge in [0.25, 0.3) is 21.7 Å². The zero-order chi connectivity index (χ0) is 28.4. The minimum Gasteiger partial charge on any atom is -0.454 e. The van der Waals surface area contributed by atoms with Crippen LogP contribution >= 0.6 is 34.2 Å². The van der Waals surface area contributed by atoms with E-state index in [1.807, 2.05) is 22.6 Å². The van der Waals surface area contributed by atoms with Gasteiger partial charge in [0.15, 0.2) is 5.75 Å². The van der Waals surface area contributed by atoms with Crippen LogP contribution in [-0.4, -0.2) is 32.0 Å². The van der Waals surface area contributed by atoms with Gasteiger partial charge < -0.3 is 15.4 Å². The number of rotatable bonds is 9. The first kappa shape index (κ1) is 29.7. The van der Waals surface area contributed by atoms with E-state index in [0.29, 0.717) is 3.57 Å². The number of benzene rings is 2. The Hall–Kier alpha value is -2.88. The summed E-state index contributed by atoms with van der Waals surface area (Å²) in [5.41, 5.74) is -0.471. The van der Waals surface area contributed by atoms with Crippen molar-refractivity contribution in [1.29, 1.82) is 0 Å². The number of pyridine rings is 1. The molecule has 0 atom stereocenters. The quantitative estimate of drug-likeness (QED) is 0.244. The Kier molecular flexibility index (Phi) is 9.28. The fraction of sp³-hybridized carbons (Fsp3) is 0.250. The van der Waals surface area contributed by atoms with Crippen molar-refractivity contribution in [1.82, 2.24) is 14.6 Å². The summed E-state index contributed by atoms with van der Waals surface area (Å²) in [6, 6.07) is 8.53. The van der Waals surface area contributed by atoms with E-state index >= 15 is 0 Å². The Balaban J connectivity index is 2.24. The molecule has 3 aromatic rings. The van der Waals surface area contributed by atoms with E-state index in [1.165, 1.54) is 55.9 Å². The highest BCUT2D eigenvalue weighted by Gasteiger charge is 2.27. The number of ether oxygens (including phenoxy) is 1. The molecule has 0 fully saturated rings. The van der Waals surface area contributed by atoms with Crippen LogP contribution in [0.15, 0.2) is 41.2 Å². The lowest BCUT2D eigenvalue weighted by molar-refractivity contribution is 0.0941. The maximum Gasteiger partial charge on any atom is 0.298 e. The maximum absolute atomic E-state index is 14.7. The lowest BCUT2D eigenvalue weighted by atomic mass is 10.1. The van der Waals surface area contributed by atoms with Crippen molar-refractivity contribution in [3.8, 4) is 11.5 Å². The summed E-state index contributed by atoms with van der Waals surface area (Å²) in [6.07, 6.45) is 0. The van der Waals surface area contributed by atoms with Gasteiger partial charge in [0.05, 0.1) is 16.9 Å². The van der Waals surface area contributed by atoms with Gasteiger partial charge in [0, 0.05) is 23.7 Å². The molecule has 3 rings (SSSR count). The van der Waals surface area contributed by atoms with E-state index in [2.05, 4.69) is 20.1 Å². The van der Waals surface area contributed by atoms with Crippen molar-refractivity contribution in [2.75, 3.05) is 17.1 Å². The lowest BCUT2D eigenvalue weighted by Gasteiger charge is -2.22. The van der Waals surface area contributed by atoms with E-state index in [9.17, 15) is 22.4 Å². The second-order valence-corrected chi connectivity index (χ2v) is 11.7. The average Bonchev–Trinajstić information content (AvgIpc) is 2.83. The first-order valence-corrected chi connectivity index (χ1v) is 14.1. The predicted octanol–water partition coefficient (Wildman–Crippen LogP) is 4.64. The monoisotopic (exact) mass is 677 g/mol. The van der Waals surface area contributed by atoms with Gasteiger partial charge in [-0.2, -0.15) is 8.42 Å². The number of carbonyl (C=O) groups is 1. The van der Waals surface area contributed by atoms with Crippen LogP contribution in [0, 0.1) is 16.3 Å². The molecule has 0 saturated carbocycles. The van der Waals surface area contributed by atoms with Crippen LogP contribution in [0.2, 0.25) is 5.02 Å². The third-order valence-corrected chi connectivity index (χ3v) is 7.37. The summed E-state index contributed by atoms with van der Waals surface area (Å²) >= 11 is 8.40. The highest BCUT2D eigenvalue weighted by molar-refractivity contribution is 14.1. The molecule has 2 aromatic carbocycles. The maximum atomic E-state index is 14.7. The first-order valence-electron chi connectivity index (χ1n) is 11.2. The Bertz CT molecular complexity index is 1560. The Morgan fingerprint density at radius 2 is 1.87 bits per heavy atom. The third kappa shape index (κ3) is 6.57. The Labute approximate surface area is 238 Å². The third-order valence-electron chi connectivity index (χ3n) is 5.28. The Morgan fingerprint density at radius 1 is 1.18 bits per heavy atom. The minimum atomic E-state index is -3.89. The van der Waals surface area contributed by atoms with Crippen molar-refractivity contribution in [2.45, 2.75) is 26.8 Å². The number of nitrogens with one attached hydrogen (secondary N) is 4. The van der Waals surface area contributed by atoms with Crippen molar-refractivity contribution in [2.24, 2.45) is 7.05 Å². The molecule has 0 aliphatic carbocycles. The van der Waals surface area contributed by atoms with Crippen LogP contribution in [0.5, 0.6) is 11.5 Å². The number of carbonyl (C=O) groups excluding carboxylic acids is 1. The van der Waals surface area contributed by atoms with Crippen LogP contribution in [0.4, 0.5) is 21.6 Å². The minimum absolute atomic E-state index is 0.00694. The molecule has 0 bridgehead atoms. The molecule has 14 heteroatoms. The zero-order valence-corrected chi connectivity index (χ0v) is 24.8. The molecular weight excluding hydrogens is 652 g/mol. The van der Waals surface area contributed by atoms with Crippen molar-refractivity contribution in [3.05, 3.63) is 72.3 Å². The van der Waals surface area contributed by atoms with E-state index in [0.717, 1.165) is 0 Å². The highest BCUT2D eigenvalue weighted by atomic mass is 127. The van der Waals surface area contributed by atoms with Crippen LogP contribution < -0.4 is 30.4 Å². The molecule has 0 aliphatic heterocycles. The molecule has 0 radical (unpaired) electrons. The molecule has 0 unspecified atom stereocenters. The van der Waals surface area contributed by atoms with Gasteiger partial charge in [-0.25, -0.2) is 9.11 Å². The van der Waals surface area contributed by atoms with Gasteiger partial charge >= 0.3 is 0 Å². The average molecular weight is 678 g/mol. The number of halogens is 3. The summed E-state index contributed by atoms with van der Waals surface area (Å²) < 4.78 is 51.0. The molecule has 0 aliphatic rings. The SMILES string of the molecule is CNS(=O)(=O)Nc1cccc(Oc2c(C(=O)NC(C)C)c(Nc3ccc(I)cc3F)n(C)c(=O)c2C)c1Cl. The van der Waals surface area contributed by atoms with Gasteiger partial charge in [-0.05, 0) is 73.7 Å². The molecule has 0 spiro atoms. The van der Waals surface area contributed by atoms with Crippen LogP contribution in [0.1, 0.15) is 29.8 Å². The number of nitrogens with zero attached hydrogens (tertiary/aromatic N) is 1. The normalized spacial score (nSPS) is 11.4. The second-order valence-electron chi connectivity index (χ2n) is 8.45. The van der Waals surface area contributed by atoms with Crippen LogP contribution in [0.25, 0.3) is 0 Å². The molecule has 10 nitrogen and oxygen atoms in total. The standard InChI is InChI=1S/C24H26ClFIN5O5S/c1-12(2)29-23(33)19-21(37-18-8-6-7-17(20(18)25)31-38(35,36)28-4)13(3)24(34)32(5)22(19)30-16-10-9-14(27)11-15(16)26/h6-12,28,30-31H,1-5H3,(H,29,33). The van der Waals surface area contributed by atoms with Crippen molar-refractivity contribution < 1.29 is 22.3 Å². The highest BCUT2D eigenvalue weighted by Crippen LogP contribution is 2.39. The summed E-state index contributed by atoms with van der Waals surface area (Å²) in [7, 11) is -1.22. The number of anilines is 3. The molecular formula is C24H26ClFIN5O5S. The molecule has 1 aromatic heterocycles. The number of hydrogen-bond donors (Lipinski definition) is 4. The molecule has 1 heterocycles. The van der Waals surface area contributed by atoms with Gasteiger partial charge in [-0.3, -0.25) is 18.9 Å². The van der Waals surface area contributed by atoms with E-state index in [1.54, 1.807) is 19.9 Å². The molecule has 1 amide bonds. The summed E-state index contributed by atoms with van der Waals surface area (Å²) in [6.45, 7) is 4.99. The van der Waals surface area contributed by atoms with Crippen molar-refractivity contribution >= 4 is 67.5 Å². The fourth-order valence-corrected chi connectivity index (χ4v) is 4.71. The summed E-state index contributed by atoms with van der Waals surface area (Å²) in [5.74, 6) is -1.35. The largest absolute Gasteiger partial charge is 0.454 e. The van der Waals surface area contributed by atoms with Gasteiger partial charge in [-0.1, -0.05) is 17.7 Å². The molecule has 204 valence electrons. The predicted molar refractivity (Wildman–Crippen MR) is 155 cm³/mol. The smallest absolute Gasteiger partial charge is 0.298 e. The van der Waals surface area contributed by atoms with E-state index in [-0.39, 0.29) is 50.9 Å². The van der Waals surface area contributed by atoms with Crippen molar-refractivity contribution in [3.63, 3.8) is 0 Å². The van der Waals surface area contributed by atoms with Gasteiger partial charge in [0.2, 0.25) is 0 Å². The molecule has 4 N–H and O–H groups in total. The van der Waals surface area contributed by atoms with Crippen LogP contribution in [-0.2, 0) is 17.3 Å². The van der Waals surface area contributed by atoms with E-state index in [4.69, 9.17) is 16.3 Å². The van der Waals surface area contributed by atoms with Gasteiger partial charge in [0.1, 0.15) is 28.0 Å². The summed E-state index contributed by atoms with van der Waals surface area (Å²) in [4.78, 5) is 26.6. The second kappa shape index (κ2) is 11.9. The summed E-state index contributed by atoms with van der Waals surface area (Å²) in [5, 5.41) is 5.52. The number of aromatic nitrogens is 1. The zero-order valence-electron chi connectivity index (χ0n) is 21.1. The Morgan fingerprint density at radius 3 is 2.47 bits per heavy atom. The topological polar surface area (TPSA) is 131 Å². The first-order chi connectivity index (χ1) is 17.8. The molecule has 0 saturated heterocycles. The number of hydrogen-bond acceptors (Lipinski definition) is 6. The number of amides is 1. The fourth-order valence-electron chi connectivity index (χ4n) is 3.42.